The molecule has 2 N–H and O–H groups in total. The SMILES string of the molecule is NC1C(=O)N(Cc2ccc(F)cc2Br)c2ccc(F)cc21. The molecule has 1 atom stereocenters. The van der Waals surface area contributed by atoms with Gasteiger partial charge in [0.1, 0.15) is 17.7 Å². The first-order valence-corrected chi connectivity index (χ1v) is 7.07. The Morgan fingerprint density at radius 3 is 2.52 bits per heavy atom. The highest BCUT2D eigenvalue weighted by Crippen LogP contribution is 2.36. The third kappa shape index (κ3) is 2.45. The summed E-state index contributed by atoms with van der Waals surface area (Å²) in [4.78, 5) is 13.7. The molecule has 2 aromatic carbocycles. The standard InChI is InChI=1S/C15H11BrF2N2O/c16-12-6-10(18)2-1-8(12)7-20-13-4-3-9(17)5-11(13)14(19)15(20)21/h1-6,14H,7,19H2. The number of hydrogen-bond acceptors (Lipinski definition) is 2. The van der Waals surface area contributed by atoms with Crippen LogP contribution in [0, 0.1) is 11.6 Å². The molecule has 1 aliphatic heterocycles. The van der Waals surface area contributed by atoms with Crippen molar-refractivity contribution in [2.45, 2.75) is 12.6 Å². The first-order chi connectivity index (χ1) is 9.97. The van der Waals surface area contributed by atoms with Gasteiger partial charge in [-0.2, -0.15) is 0 Å². The maximum absolute atomic E-state index is 13.3. The van der Waals surface area contributed by atoms with Crippen LogP contribution in [-0.2, 0) is 11.3 Å². The van der Waals surface area contributed by atoms with Gasteiger partial charge in [0.2, 0.25) is 5.91 Å². The topological polar surface area (TPSA) is 46.3 Å². The molecule has 0 aromatic heterocycles. The van der Waals surface area contributed by atoms with E-state index in [1.54, 1.807) is 6.07 Å². The van der Waals surface area contributed by atoms with E-state index < -0.39 is 11.9 Å². The fourth-order valence-electron chi connectivity index (χ4n) is 2.42. The zero-order valence-electron chi connectivity index (χ0n) is 10.8. The van der Waals surface area contributed by atoms with Crippen molar-refractivity contribution >= 4 is 27.5 Å². The van der Waals surface area contributed by atoms with Crippen molar-refractivity contribution in [3.05, 3.63) is 63.6 Å². The van der Waals surface area contributed by atoms with Gasteiger partial charge in [-0.25, -0.2) is 8.78 Å². The summed E-state index contributed by atoms with van der Waals surface area (Å²) in [5, 5.41) is 0. The molecular weight excluding hydrogens is 342 g/mol. The normalized spacial score (nSPS) is 17.2. The third-order valence-electron chi connectivity index (χ3n) is 3.49. The first kappa shape index (κ1) is 14.2. The van der Waals surface area contributed by atoms with Crippen LogP contribution < -0.4 is 10.6 Å². The maximum atomic E-state index is 13.3. The second kappa shape index (κ2) is 5.20. The molecule has 1 unspecified atom stereocenters. The highest BCUT2D eigenvalue weighted by Gasteiger charge is 2.35. The van der Waals surface area contributed by atoms with Gasteiger partial charge in [0.15, 0.2) is 0 Å². The molecule has 0 spiro atoms. The number of hydrogen-bond donors (Lipinski definition) is 1. The van der Waals surface area contributed by atoms with Gasteiger partial charge in [-0.15, -0.1) is 0 Å². The fourth-order valence-corrected chi connectivity index (χ4v) is 2.90. The lowest BCUT2D eigenvalue weighted by molar-refractivity contribution is -0.119. The minimum Gasteiger partial charge on any atom is -0.316 e. The molecule has 0 aliphatic carbocycles. The molecule has 0 radical (unpaired) electrons. The second-order valence-corrected chi connectivity index (χ2v) is 5.70. The van der Waals surface area contributed by atoms with E-state index in [0.29, 0.717) is 15.7 Å². The number of carbonyl (C=O) groups excluding carboxylic acids is 1. The molecule has 1 amide bonds. The van der Waals surface area contributed by atoms with Crippen LogP contribution in [-0.4, -0.2) is 5.91 Å². The van der Waals surface area contributed by atoms with E-state index in [1.165, 1.54) is 35.2 Å². The lowest BCUT2D eigenvalue weighted by Crippen LogP contribution is -2.31. The molecule has 0 fully saturated rings. The highest BCUT2D eigenvalue weighted by atomic mass is 79.9. The Morgan fingerprint density at radius 2 is 1.81 bits per heavy atom. The molecule has 0 bridgehead atoms. The first-order valence-electron chi connectivity index (χ1n) is 6.27. The maximum Gasteiger partial charge on any atom is 0.248 e. The van der Waals surface area contributed by atoms with Crippen LogP contribution in [0.1, 0.15) is 17.2 Å². The van der Waals surface area contributed by atoms with Crippen LogP contribution in [0.2, 0.25) is 0 Å². The molecule has 1 heterocycles. The van der Waals surface area contributed by atoms with Gasteiger partial charge < -0.3 is 10.6 Å². The summed E-state index contributed by atoms with van der Waals surface area (Å²) in [5.74, 6) is -1.09. The monoisotopic (exact) mass is 352 g/mol. The quantitative estimate of drug-likeness (QED) is 0.901. The Balaban J connectivity index is 1.98. The molecule has 21 heavy (non-hydrogen) atoms. The van der Waals surface area contributed by atoms with E-state index in [2.05, 4.69) is 15.9 Å². The van der Waals surface area contributed by atoms with Gasteiger partial charge in [-0.1, -0.05) is 22.0 Å². The van der Waals surface area contributed by atoms with E-state index in [4.69, 9.17) is 5.73 Å². The smallest absolute Gasteiger partial charge is 0.248 e. The van der Waals surface area contributed by atoms with Gasteiger partial charge in [0, 0.05) is 15.7 Å². The summed E-state index contributed by atoms with van der Waals surface area (Å²) in [5.41, 5.74) is 7.64. The molecule has 108 valence electrons. The molecule has 0 saturated carbocycles. The van der Waals surface area contributed by atoms with Crippen LogP contribution >= 0.6 is 15.9 Å². The van der Waals surface area contributed by atoms with Crippen LogP contribution in [0.25, 0.3) is 0 Å². The van der Waals surface area contributed by atoms with Crippen LogP contribution in [0.3, 0.4) is 0 Å². The summed E-state index contributed by atoms with van der Waals surface area (Å²) in [6, 6.07) is 7.49. The lowest BCUT2D eigenvalue weighted by atomic mass is 10.1. The Hall–Kier alpha value is -1.79. The minimum absolute atomic E-state index is 0.242. The highest BCUT2D eigenvalue weighted by molar-refractivity contribution is 9.10. The largest absolute Gasteiger partial charge is 0.316 e. The number of nitrogens with two attached hydrogens (primary N) is 1. The zero-order valence-corrected chi connectivity index (χ0v) is 12.4. The number of benzene rings is 2. The van der Waals surface area contributed by atoms with Crippen LogP contribution in [0.15, 0.2) is 40.9 Å². The number of carbonyl (C=O) groups is 1. The molecule has 0 saturated heterocycles. The Bertz CT molecular complexity index is 736. The number of nitrogens with zero attached hydrogens (tertiary/aromatic N) is 1. The summed E-state index contributed by atoms with van der Waals surface area (Å²) >= 11 is 3.27. The summed E-state index contributed by atoms with van der Waals surface area (Å²) in [6.07, 6.45) is 0. The van der Waals surface area contributed by atoms with Crippen molar-refractivity contribution in [1.82, 2.24) is 0 Å². The number of fused-ring (bicyclic) bond motifs is 1. The van der Waals surface area contributed by atoms with Crippen LogP contribution in [0.4, 0.5) is 14.5 Å². The number of halogens is 3. The summed E-state index contributed by atoms with van der Waals surface area (Å²) in [6.45, 7) is 0.242. The van der Waals surface area contributed by atoms with Gasteiger partial charge in [-0.3, -0.25) is 4.79 Å². The second-order valence-electron chi connectivity index (χ2n) is 4.84. The summed E-state index contributed by atoms with van der Waals surface area (Å²) in [7, 11) is 0. The van der Waals surface area contributed by atoms with E-state index in [9.17, 15) is 13.6 Å². The van der Waals surface area contributed by atoms with Gasteiger partial charge >= 0.3 is 0 Å². The lowest BCUT2D eigenvalue weighted by Gasteiger charge is -2.18. The van der Waals surface area contributed by atoms with Crippen molar-refractivity contribution in [3.8, 4) is 0 Å². The van der Waals surface area contributed by atoms with Crippen molar-refractivity contribution in [3.63, 3.8) is 0 Å². The molecular formula is C15H11BrF2N2O. The Kier molecular flexibility index (Phi) is 3.51. The summed E-state index contributed by atoms with van der Waals surface area (Å²) < 4.78 is 27.0. The third-order valence-corrected chi connectivity index (χ3v) is 4.23. The Morgan fingerprint density at radius 1 is 1.14 bits per heavy atom. The number of anilines is 1. The minimum atomic E-state index is -0.866. The van der Waals surface area contributed by atoms with Crippen molar-refractivity contribution in [1.29, 1.82) is 0 Å². The number of amides is 1. The van der Waals surface area contributed by atoms with E-state index in [-0.39, 0.29) is 18.3 Å². The van der Waals surface area contributed by atoms with E-state index in [1.807, 2.05) is 0 Å². The van der Waals surface area contributed by atoms with Crippen molar-refractivity contribution < 1.29 is 13.6 Å². The molecule has 6 heteroatoms. The average Bonchev–Trinajstić information content (AvgIpc) is 2.66. The van der Waals surface area contributed by atoms with Crippen molar-refractivity contribution in [2.24, 2.45) is 5.73 Å². The van der Waals surface area contributed by atoms with Gasteiger partial charge in [0.25, 0.3) is 0 Å². The number of rotatable bonds is 2. The zero-order chi connectivity index (χ0) is 15.1. The van der Waals surface area contributed by atoms with E-state index >= 15 is 0 Å². The van der Waals surface area contributed by atoms with Gasteiger partial charge in [-0.05, 0) is 35.9 Å². The van der Waals surface area contributed by atoms with Crippen LogP contribution in [0.5, 0.6) is 0 Å². The van der Waals surface area contributed by atoms with Gasteiger partial charge in [0.05, 0.1) is 6.54 Å². The predicted molar refractivity (Wildman–Crippen MR) is 78.6 cm³/mol. The Labute approximate surface area is 128 Å². The molecule has 1 aliphatic rings. The molecule has 3 nitrogen and oxygen atoms in total. The van der Waals surface area contributed by atoms with E-state index in [0.717, 1.165) is 5.56 Å². The molecule has 2 aromatic rings. The fraction of sp³-hybridized carbons (Fsp3) is 0.133. The average molecular weight is 353 g/mol. The van der Waals surface area contributed by atoms with Crippen molar-refractivity contribution in [2.75, 3.05) is 4.90 Å². The predicted octanol–water partition coefficient (Wildman–Crippen LogP) is 3.27. The molecule has 3 rings (SSSR count).